The van der Waals surface area contributed by atoms with Gasteiger partial charge in [-0.3, -0.25) is 9.78 Å². The number of ether oxygens (including phenoxy) is 2. The van der Waals surface area contributed by atoms with Crippen molar-refractivity contribution in [3.63, 3.8) is 0 Å². The molecule has 0 saturated carbocycles. The van der Waals surface area contributed by atoms with Gasteiger partial charge < -0.3 is 35.4 Å². The maximum atomic E-state index is 12.6. The number of halogens is 1. The van der Waals surface area contributed by atoms with Crippen molar-refractivity contribution < 1.29 is 29.0 Å². The van der Waals surface area contributed by atoms with Crippen molar-refractivity contribution in [2.45, 2.75) is 13.5 Å². The lowest BCUT2D eigenvalue weighted by Gasteiger charge is -2.17. The zero-order valence-electron chi connectivity index (χ0n) is 21.1. The van der Waals surface area contributed by atoms with Crippen LogP contribution in [0, 0.1) is 6.92 Å². The normalized spacial score (nSPS) is 10.3. The average Bonchev–Trinajstić information content (AvgIpc) is 2.90. The molecule has 0 saturated heterocycles. The molecule has 4 N–H and O–H groups in total. The van der Waals surface area contributed by atoms with E-state index in [2.05, 4.69) is 20.9 Å². The van der Waals surface area contributed by atoms with Crippen LogP contribution in [0.4, 0.5) is 15.3 Å². The smallest absolute Gasteiger partial charge is 0.407 e. The standard InChI is InChI=1S/C26H28ClN5O6/c1-16-12-21(23(14-20(16)27)37-11-10-32(3)26(35)36)31-25(34)30-15-17-4-6-18(7-5-17)38-19-8-9-29-22(13-19)24(33)28-2/h4-9,12-14H,10-11,15H2,1-3H3,(H,28,33)(H,35,36)(H2,30,31,34). The van der Waals surface area contributed by atoms with Crippen molar-refractivity contribution >= 4 is 35.3 Å². The van der Waals surface area contributed by atoms with Gasteiger partial charge in [0.1, 0.15) is 29.5 Å². The molecule has 12 heteroatoms. The summed E-state index contributed by atoms with van der Waals surface area (Å²) in [5, 5.41) is 17.5. The average molecular weight is 542 g/mol. The highest BCUT2D eigenvalue weighted by molar-refractivity contribution is 6.31. The fourth-order valence-corrected chi connectivity index (χ4v) is 3.31. The number of nitrogens with one attached hydrogen (secondary N) is 3. The van der Waals surface area contributed by atoms with Gasteiger partial charge in [0.15, 0.2) is 0 Å². The molecular weight excluding hydrogens is 514 g/mol. The van der Waals surface area contributed by atoms with E-state index < -0.39 is 12.1 Å². The van der Waals surface area contributed by atoms with Crippen molar-refractivity contribution in [3.05, 3.63) is 76.6 Å². The lowest BCUT2D eigenvalue weighted by atomic mass is 10.2. The first-order chi connectivity index (χ1) is 18.2. The summed E-state index contributed by atoms with van der Waals surface area (Å²) in [4.78, 5) is 40.4. The number of hydrogen-bond donors (Lipinski definition) is 4. The van der Waals surface area contributed by atoms with E-state index in [1.165, 1.54) is 20.3 Å². The van der Waals surface area contributed by atoms with Crippen LogP contribution in [0.3, 0.4) is 0 Å². The molecule has 200 valence electrons. The van der Waals surface area contributed by atoms with Gasteiger partial charge in [-0.1, -0.05) is 23.7 Å². The Morgan fingerprint density at radius 3 is 2.50 bits per heavy atom. The highest BCUT2D eigenvalue weighted by Crippen LogP contribution is 2.31. The summed E-state index contributed by atoms with van der Waals surface area (Å²) in [5.41, 5.74) is 2.21. The van der Waals surface area contributed by atoms with Crippen LogP contribution in [-0.2, 0) is 6.54 Å². The van der Waals surface area contributed by atoms with Crippen molar-refractivity contribution in [2.75, 3.05) is 32.6 Å². The Bertz CT molecular complexity index is 1300. The van der Waals surface area contributed by atoms with Crippen molar-refractivity contribution in [1.82, 2.24) is 20.5 Å². The molecule has 0 bridgehead atoms. The molecule has 0 aliphatic rings. The fraction of sp³-hybridized carbons (Fsp3) is 0.231. The van der Waals surface area contributed by atoms with Gasteiger partial charge in [0.05, 0.1) is 12.2 Å². The summed E-state index contributed by atoms with van der Waals surface area (Å²) in [6, 6.07) is 13.1. The molecule has 38 heavy (non-hydrogen) atoms. The van der Waals surface area contributed by atoms with Gasteiger partial charge in [0, 0.05) is 44.0 Å². The third-order valence-electron chi connectivity index (χ3n) is 5.32. The van der Waals surface area contributed by atoms with Crippen molar-refractivity contribution in [3.8, 4) is 17.2 Å². The molecule has 4 amide bonds. The molecular formula is C26H28ClN5O6. The zero-order valence-corrected chi connectivity index (χ0v) is 21.8. The van der Waals surface area contributed by atoms with Crippen LogP contribution in [0.25, 0.3) is 0 Å². The topological polar surface area (TPSA) is 142 Å². The maximum Gasteiger partial charge on any atom is 0.407 e. The van der Waals surface area contributed by atoms with Gasteiger partial charge in [-0.05, 0) is 42.3 Å². The second kappa shape index (κ2) is 13.2. The van der Waals surface area contributed by atoms with Crippen molar-refractivity contribution in [2.24, 2.45) is 0 Å². The SMILES string of the molecule is CNC(=O)c1cc(Oc2ccc(CNC(=O)Nc3cc(C)c(Cl)cc3OCCN(C)C(=O)O)cc2)ccn1. The number of hydrogen-bond acceptors (Lipinski definition) is 6. The number of carboxylic acid groups (broad SMARTS) is 1. The number of amides is 4. The Balaban J connectivity index is 1.56. The third kappa shape index (κ3) is 8.00. The number of carbonyl (C=O) groups excluding carboxylic acids is 2. The number of urea groups is 1. The third-order valence-corrected chi connectivity index (χ3v) is 5.73. The number of rotatable bonds is 10. The van der Waals surface area contributed by atoms with Gasteiger partial charge in [-0.2, -0.15) is 0 Å². The number of nitrogens with zero attached hydrogens (tertiary/aromatic N) is 2. The lowest BCUT2D eigenvalue weighted by Crippen LogP contribution is -2.30. The van der Waals surface area contributed by atoms with Crippen LogP contribution in [0.15, 0.2) is 54.7 Å². The summed E-state index contributed by atoms with van der Waals surface area (Å²) in [7, 11) is 2.96. The van der Waals surface area contributed by atoms with E-state index >= 15 is 0 Å². The molecule has 0 aliphatic carbocycles. The molecule has 0 unspecified atom stereocenters. The second-order valence-electron chi connectivity index (χ2n) is 8.16. The monoisotopic (exact) mass is 541 g/mol. The predicted octanol–water partition coefficient (Wildman–Crippen LogP) is 4.51. The minimum Gasteiger partial charge on any atom is -0.490 e. The first-order valence-corrected chi connectivity index (χ1v) is 11.9. The first-order valence-electron chi connectivity index (χ1n) is 11.5. The number of carbonyl (C=O) groups is 3. The van der Waals surface area contributed by atoms with Gasteiger partial charge in [0.2, 0.25) is 0 Å². The minimum absolute atomic E-state index is 0.0829. The molecule has 1 aromatic heterocycles. The quantitative estimate of drug-likeness (QED) is 0.296. The van der Waals surface area contributed by atoms with Gasteiger partial charge in [-0.25, -0.2) is 9.59 Å². The molecule has 0 atom stereocenters. The molecule has 1 heterocycles. The Morgan fingerprint density at radius 2 is 1.82 bits per heavy atom. The van der Waals surface area contributed by atoms with E-state index in [4.69, 9.17) is 26.2 Å². The minimum atomic E-state index is -1.07. The van der Waals surface area contributed by atoms with E-state index in [1.54, 1.807) is 55.5 Å². The number of likely N-dealkylation sites (N-methyl/N-ethyl adjacent to an activating group) is 1. The molecule has 11 nitrogen and oxygen atoms in total. The molecule has 0 fully saturated rings. The summed E-state index contributed by atoms with van der Waals surface area (Å²) in [6.45, 7) is 2.26. The van der Waals surface area contributed by atoms with E-state index in [0.29, 0.717) is 28.0 Å². The van der Waals surface area contributed by atoms with Gasteiger partial charge in [-0.15, -0.1) is 0 Å². The van der Waals surface area contributed by atoms with Crippen LogP contribution >= 0.6 is 11.6 Å². The fourth-order valence-electron chi connectivity index (χ4n) is 3.16. The Kier molecular flexibility index (Phi) is 9.72. The van der Waals surface area contributed by atoms with E-state index in [0.717, 1.165) is 16.0 Å². The van der Waals surface area contributed by atoms with E-state index in [9.17, 15) is 14.4 Å². The van der Waals surface area contributed by atoms with Crippen LogP contribution in [0.2, 0.25) is 5.02 Å². The number of pyridine rings is 1. The van der Waals surface area contributed by atoms with Gasteiger partial charge in [0.25, 0.3) is 5.91 Å². The number of benzene rings is 2. The molecule has 0 radical (unpaired) electrons. The predicted molar refractivity (Wildman–Crippen MR) is 142 cm³/mol. The highest BCUT2D eigenvalue weighted by atomic mass is 35.5. The Hall–Kier alpha value is -4.51. The largest absolute Gasteiger partial charge is 0.490 e. The van der Waals surface area contributed by atoms with E-state index in [-0.39, 0.29) is 31.3 Å². The first kappa shape index (κ1) is 28.1. The second-order valence-corrected chi connectivity index (χ2v) is 8.57. The molecule has 2 aromatic carbocycles. The van der Waals surface area contributed by atoms with Crippen molar-refractivity contribution in [1.29, 1.82) is 0 Å². The molecule has 3 aromatic rings. The Labute approximate surface area is 224 Å². The Morgan fingerprint density at radius 1 is 1.08 bits per heavy atom. The highest BCUT2D eigenvalue weighted by Gasteiger charge is 2.13. The van der Waals surface area contributed by atoms with Crippen LogP contribution in [0.5, 0.6) is 17.2 Å². The zero-order chi connectivity index (χ0) is 27.7. The molecule has 3 rings (SSSR count). The van der Waals surface area contributed by atoms with Crippen LogP contribution in [0.1, 0.15) is 21.6 Å². The van der Waals surface area contributed by atoms with Crippen LogP contribution in [-0.4, -0.2) is 60.3 Å². The summed E-state index contributed by atoms with van der Waals surface area (Å²) < 4.78 is 11.5. The van der Waals surface area contributed by atoms with E-state index in [1.807, 2.05) is 0 Å². The van der Waals surface area contributed by atoms with Gasteiger partial charge >= 0.3 is 12.1 Å². The lowest BCUT2D eigenvalue weighted by molar-refractivity contribution is 0.0957. The molecule has 0 aliphatic heterocycles. The number of aryl methyl sites for hydroxylation is 1. The maximum absolute atomic E-state index is 12.6. The molecule has 0 spiro atoms. The summed E-state index contributed by atoms with van der Waals surface area (Å²) in [6.07, 6.45) is 0.421. The summed E-state index contributed by atoms with van der Waals surface area (Å²) >= 11 is 6.20. The number of anilines is 1. The number of aromatic nitrogens is 1. The summed E-state index contributed by atoms with van der Waals surface area (Å²) in [5.74, 6) is 1.04. The van der Waals surface area contributed by atoms with Crippen LogP contribution < -0.4 is 25.4 Å².